The number of aromatic nitrogens is 3. The molecule has 8 nitrogen and oxygen atoms in total. The minimum atomic E-state index is -0.0768. The van der Waals surface area contributed by atoms with Crippen LogP contribution in [0.3, 0.4) is 0 Å². The second-order valence-electron chi connectivity index (χ2n) is 6.12. The van der Waals surface area contributed by atoms with Crippen LogP contribution in [-0.2, 0) is 11.3 Å². The minimum absolute atomic E-state index is 0.0768. The Morgan fingerprint density at radius 2 is 2.25 bits per heavy atom. The second-order valence-corrected chi connectivity index (χ2v) is 6.12. The van der Waals surface area contributed by atoms with Crippen LogP contribution in [0.2, 0.25) is 0 Å². The predicted octanol–water partition coefficient (Wildman–Crippen LogP) is 0.990. The molecule has 1 aliphatic heterocycles. The van der Waals surface area contributed by atoms with Gasteiger partial charge in [0.1, 0.15) is 5.76 Å². The van der Waals surface area contributed by atoms with Crippen LogP contribution in [0, 0.1) is 6.92 Å². The van der Waals surface area contributed by atoms with E-state index in [-0.39, 0.29) is 12.5 Å². The smallest absolute Gasteiger partial charge is 0.239 e. The number of aliphatic hydroxyl groups excluding tert-OH is 1. The van der Waals surface area contributed by atoms with Crippen molar-refractivity contribution in [2.75, 3.05) is 31.6 Å². The summed E-state index contributed by atoms with van der Waals surface area (Å²) < 4.78 is 6.81. The fourth-order valence-corrected chi connectivity index (χ4v) is 3.17. The van der Waals surface area contributed by atoms with Gasteiger partial charge < -0.3 is 14.9 Å². The molecule has 0 atom stereocenters. The topological polar surface area (TPSA) is 96.4 Å². The number of aryl methyl sites for hydroxylation is 1. The number of carbonyl (C=O) groups is 1. The normalized spacial score (nSPS) is 16.4. The summed E-state index contributed by atoms with van der Waals surface area (Å²) in [7, 11) is 0. The van der Waals surface area contributed by atoms with Gasteiger partial charge in [0, 0.05) is 23.9 Å². The zero-order valence-electron chi connectivity index (χ0n) is 13.8. The number of aliphatic hydroxyl groups is 1. The van der Waals surface area contributed by atoms with Crippen LogP contribution in [0.4, 0.5) is 5.82 Å². The number of piperidine rings is 1. The van der Waals surface area contributed by atoms with Gasteiger partial charge in [0.2, 0.25) is 5.91 Å². The predicted molar refractivity (Wildman–Crippen MR) is 87.6 cm³/mol. The first kappa shape index (κ1) is 16.7. The summed E-state index contributed by atoms with van der Waals surface area (Å²) in [6.45, 7) is 4.49. The standard InChI is InChI=1S/C16H23N5O3/c1-12-10-15(19-24-12)18-16(23)11-20-6-3-13(4-7-20)14-2-5-17-21(14)8-9-22/h2,5,10,13,22H,3-4,6-9,11H2,1H3,(H,18,19,23). The van der Waals surface area contributed by atoms with Crippen LogP contribution in [0.5, 0.6) is 0 Å². The number of amides is 1. The van der Waals surface area contributed by atoms with Crippen molar-refractivity contribution in [2.24, 2.45) is 0 Å². The maximum absolute atomic E-state index is 12.1. The number of anilines is 1. The van der Waals surface area contributed by atoms with E-state index in [1.165, 1.54) is 5.69 Å². The number of hydrogen-bond donors (Lipinski definition) is 2. The molecule has 0 spiro atoms. The molecule has 8 heteroatoms. The van der Waals surface area contributed by atoms with Crippen molar-refractivity contribution in [1.82, 2.24) is 19.8 Å². The Morgan fingerprint density at radius 1 is 1.46 bits per heavy atom. The van der Waals surface area contributed by atoms with Crippen LogP contribution >= 0.6 is 0 Å². The molecule has 0 aliphatic carbocycles. The van der Waals surface area contributed by atoms with Gasteiger partial charge in [-0.1, -0.05) is 5.16 Å². The lowest BCUT2D eigenvalue weighted by molar-refractivity contribution is -0.117. The highest BCUT2D eigenvalue weighted by Crippen LogP contribution is 2.27. The van der Waals surface area contributed by atoms with E-state index in [1.807, 2.05) is 10.7 Å². The quantitative estimate of drug-likeness (QED) is 0.818. The van der Waals surface area contributed by atoms with E-state index in [9.17, 15) is 4.79 Å². The molecule has 2 aromatic heterocycles. The van der Waals surface area contributed by atoms with Crippen LogP contribution in [0.25, 0.3) is 0 Å². The van der Waals surface area contributed by atoms with Crippen LogP contribution in [-0.4, -0.2) is 57.1 Å². The maximum atomic E-state index is 12.1. The zero-order valence-corrected chi connectivity index (χ0v) is 13.8. The Labute approximate surface area is 140 Å². The number of nitrogens with one attached hydrogen (secondary N) is 1. The van der Waals surface area contributed by atoms with Gasteiger partial charge in [-0.15, -0.1) is 0 Å². The molecule has 2 N–H and O–H groups in total. The first-order valence-electron chi connectivity index (χ1n) is 8.24. The summed E-state index contributed by atoms with van der Waals surface area (Å²) in [6.07, 6.45) is 3.74. The van der Waals surface area contributed by atoms with Crippen molar-refractivity contribution >= 4 is 11.7 Å². The molecule has 1 aliphatic rings. The molecule has 1 saturated heterocycles. The zero-order chi connectivity index (χ0) is 16.9. The lowest BCUT2D eigenvalue weighted by atomic mass is 9.93. The monoisotopic (exact) mass is 333 g/mol. The number of hydrogen-bond acceptors (Lipinski definition) is 6. The van der Waals surface area contributed by atoms with E-state index in [2.05, 4.69) is 20.5 Å². The van der Waals surface area contributed by atoms with Crippen LogP contribution in [0.1, 0.15) is 30.2 Å². The fourth-order valence-electron chi connectivity index (χ4n) is 3.17. The third-order valence-corrected chi connectivity index (χ3v) is 4.33. The molecule has 3 heterocycles. The van der Waals surface area contributed by atoms with Crippen molar-refractivity contribution in [3.8, 4) is 0 Å². The molecule has 130 valence electrons. The SMILES string of the molecule is Cc1cc(NC(=O)CN2CCC(c3ccnn3CCO)CC2)no1. The summed E-state index contributed by atoms with van der Waals surface area (Å²) in [4.78, 5) is 14.2. The number of carbonyl (C=O) groups excluding carboxylic acids is 1. The first-order chi connectivity index (χ1) is 11.7. The van der Waals surface area contributed by atoms with Gasteiger partial charge in [-0.05, 0) is 38.9 Å². The lowest BCUT2D eigenvalue weighted by Crippen LogP contribution is -2.39. The summed E-state index contributed by atoms with van der Waals surface area (Å²) in [5.41, 5.74) is 1.17. The van der Waals surface area contributed by atoms with Gasteiger partial charge in [-0.3, -0.25) is 14.4 Å². The van der Waals surface area contributed by atoms with E-state index < -0.39 is 0 Å². The van der Waals surface area contributed by atoms with Gasteiger partial charge in [-0.2, -0.15) is 5.10 Å². The van der Waals surface area contributed by atoms with Crippen LogP contribution in [0.15, 0.2) is 22.9 Å². The van der Waals surface area contributed by atoms with E-state index >= 15 is 0 Å². The Hall–Kier alpha value is -2.19. The van der Waals surface area contributed by atoms with Gasteiger partial charge >= 0.3 is 0 Å². The lowest BCUT2D eigenvalue weighted by Gasteiger charge is -2.31. The van der Waals surface area contributed by atoms with Gasteiger partial charge in [0.05, 0.1) is 19.7 Å². The van der Waals surface area contributed by atoms with Crippen LogP contribution < -0.4 is 5.32 Å². The average Bonchev–Trinajstić information content (AvgIpc) is 3.18. The molecular formula is C16H23N5O3. The average molecular weight is 333 g/mol. The third kappa shape index (κ3) is 4.01. The van der Waals surface area contributed by atoms with E-state index in [0.29, 0.717) is 30.6 Å². The van der Waals surface area contributed by atoms with Crippen molar-refractivity contribution in [2.45, 2.75) is 32.2 Å². The Bertz CT molecular complexity index is 673. The Balaban J connectivity index is 1.48. The molecule has 0 unspecified atom stereocenters. The fraction of sp³-hybridized carbons (Fsp3) is 0.562. The molecule has 1 fully saturated rings. The minimum Gasteiger partial charge on any atom is -0.394 e. The molecule has 0 radical (unpaired) electrons. The summed E-state index contributed by atoms with van der Waals surface area (Å²) >= 11 is 0. The third-order valence-electron chi connectivity index (χ3n) is 4.33. The number of nitrogens with zero attached hydrogens (tertiary/aromatic N) is 4. The van der Waals surface area contributed by atoms with Crippen molar-refractivity contribution in [1.29, 1.82) is 0 Å². The van der Waals surface area contributed by atoms with E-state index in [0.717, 1.165) is 25.9 Å². The van der Waals surface area contributed by atoms with Gasteiger partial charge in [0.15, 0.2) is 5.82 Å². The maximum Gasteiger partial charge on any atom is 0.239 e. The van der Waals surface area contributed by atoms with E-state index in [1.54, 1.807) is 19.2 Å². The van der Waals surface area contributed by atoms with Gasteiger partial charge in [0.25, 0.3) is 0 Å². The van der Waals surface area contributed by atoms with Crippen molar-refractivity contribution in [3.63, 3.8) is 0 Å². The Morgan fingerprint density at radius 3 is 2.92 bits per heavy atom. The van der Waals surface area contributed by atoms with Crippen molar-refractivity contribution in [3.05, 3.63) is 29.8 Å². The molecular weight excluding hydrogens is 310 g/mol. The van der Waals surface area contributed by atoms with Gasteiger partial charge in [-0.25, -0.2) is 0 Å². The highest BCUT2D eigenvalue weighted by Gasteiger charge is 2.24. The summed E-state index contributed by atoms with van der Waals surface area (Å²) in [5, 5.41) is 19.9. The first-order valence-corrected chi connectivity index (χ1v) is 8.24. The molecule has 0 bridgehead atoms. The second kappa shape index (κ2) is 7.59. The number of rotatable bonds is 6. The van der Waals surface area contributed by atoms with E-state index in [4.69, 9.17) is 9.63 Å². The molecule has 1 amide bonds. The van der Waals surface area contributed by atoms with Crippen molar-refractivity contribution < 1.29 is 14.4 Å². The molecule has 3 rings (SSSR count). The summed E-state index contributed by atoms with van der Waals surface area (Å²) in [6, 6.07) is 3.72. The largest absolute Gasteiger partial charge is 0.394 e. The molecule has 24 heavy (non-hydrogen) atoms. The number of likely N-dealkylation sites (tertiary alicyclic amines) is 1. The molecule has 2 aromatic rings. The molecule has 0 saturated carbocycles. The summed E-state index contributed by atoms with van der Waals surface area (Å²) in [5.74, 6) is 1.48. The molecule has 0 aromatic carbocycles. The highest BCUT2D eigenvalue weighted by atomic mass is 16.5. The Kier molecular flexibility index (Phi) is 5.27. The highest BCUT2D eigenvalue weighted by molar-refractivity contribution is 5.91.